The lowest BCUT2D eigenvalue weighted by Gasteiger charge is -2.33. The highest BCUT2D eigenvalue weighted by Crippen LogP contribution is 2.39. The van der Waals surface area contributed by atoms with Crippen molar-refractivity contribution in [3.8, 4) is 27.7 Å². The van der Waals surface area contributed by atoms with E-state index in [-0.39, 0.29) is 19.1 Å². The van der Waals surface area contributed by atoms with Gasteiger partial charge >= 0.3 is 5.97 Å². The first kappa shape index (κ1) is 22.9. The Kier molecular flexibility index (Phi) is 7.31. The van der Waals surface area contributed by atoms with Crippen LogP contribution in [0.15, 0.2) is 48.0 Å². The van der Waals surface area contributed by atoms with Gasteiger partial charge in [0.05, 0.1) is 23.7 Å². The van der Waals surface area contributed by atoms with Crippen molar-refractivity contribution in [2.45, 2.75) is 26.4 Å². The van der Waals surface area contributed by atoms with Crippen LogP contribution in [-0.2, 0) is 19.1 Å². The van der Waals surface area contributed by atoms with Crippen molar-refractivity contribution in [2.75, 3.05) is 31.3 Å². The number of thiazole rings is 1. The maximum Gasteiger partial charge on any atom is 0.326 e. The number of aromatic nitrogens is 2. The Bertz CT molecular complexity index is 1120. The number of benzene rings is 1. The number of nitrogens with zero attached hydrogens (tertiary/aromatic N) is 3. The first-order valence-corrected chi connectivity index (χ1v) is 11.7. The lowest BCUT2D eigenvalue weighted by molar-refractivity contribution is -0.145. The van der Waals surface area contributed by atoms with Gasteiger partial charge in [0.2, 0.25) is 0 Å². The molecule has 0 saturated carbocycles. The van der Waals surface area contributed by atoms with Gasteiger partial charge in [-0.2, -0.15) is 0 Å². The average Bonchev–Trinajstić information content (AvgIpc) is 3.34. The monoisotopic (exact) mass is 467 g/mol. The lowest BCUT2D eigenvalue weighted by atomic mass is 10.1. The van der Waals surface area contributed by atoms with E-state index in [4.69, 9.17) is 19.2 Å². The van der Waals surface area contributed by atoms with Crippen molar-refractivity contribution in [2.24, 2.45) is 0 Å². The predicted molar refractivity (Wildman–Crippen MR) is 125 cm³/mol. The molecule has 8 nitrogen and oxygen atoms in total. The summed E-state index contributed by atoms with van der Waals surface area (Å²) in [5.41, 5.74) is 2.89. The van der Waals surface area contributed by atoms with Gasteiger partial charge in [-0.25, -0.2) is 4.98 Å². The smallest absolute Gasteiger partial charge is 0.326 e. The van der Waals surface area contributed by atoms with Crippen LogP contribution in [0.1, 0.15) is 20.3 Å². The van der Waals surface area contributed by atoms with Crippen LogP contribution < -0.4 is 9.64 Å². The van der Waals surface area contributed by atoms with E-state index in [9.17, 15) is 9.59 Å². The maximum atomic E-state index is 13.0. The second kappa shape index (κ2) is 10.5. The van der Waals surface area contributed by atoms with Crippen LogP contribution >= 0.6 is 11.3 Å². The number of carbonyl (C=O) groups is 2. The Morgan fingerprint density at radius 3 is 2.82 bits per heavy atom. The van der Waals surface area contributed by atoms with E-state index in [1.807, 2.05) is 55.6 Å². The van der Waals surface area contributed by atoms with E-state index in [2.05, 4.69) is 4.98 Å². The number of esters is 1. The Labute approximate surface area is 196 Å². The third kappa shape index (κ3) is 5.20. The van der Waals surface area contributed by atoms with Gasteiger partial charge in [0.15, 0.2) is 6.10 Å². The molecule has 1 amide bonds. The highest BCUT2D eigenvalue weighted by atomic mass is 32.1. The minimum atomic E-state index is -0.644. The van der Waals surface area contributed by atoms with E-state index >= 15 is 0 Å². The molecular formula is C24H25N3O5S. The zero-order valence-electron chi connectivity index (χ0n) is 18.5. The molecule has 0 radical (unpaired) electrons. The number of fused-ring (bicyclic) bond motifs is 1. The summed E-state index contributed by atoms with van der Waals surface area (Å²) in [6, 6.07) is 11.2. The van der Waals surface area contributed by atoms with Crippen molar-refractivity contribution in [1.82, 2.24) is 9.97 Å². The van der Waals surface area contributed by atoms with Gasteiger partial charge in [-0.1, -0.05) is 13.0 Å². The fraction of sp³-hybridized carbons (Fsp3) is 0.333. The molecular weight excluding hydrogens is 442 g/mol. The lowest BCUT2D eigenvalue weighted by Crippen LogP contribution is -2.48. The average molecular weight is 468 g/mol. The number of carbonyl (C=O) groups excluding carboxylic acids is 2. The molecule has 3 heterocycles. The number of amides is 1. The Balaban J connectivity index is 1.59. The van der Waals surface area contributed by atoms with Gasteiger partial charge in [0.25, 0.3) is 5.91 Å². The molecule has 33 heavy (non-hydrogen) atoms. The Morgan fingerprint density at radius 1 is 1.18 bits per heavy atom. The molecule has 1 aromatic carbocycles. The first-order chi connectivity index (χ1) is 16.1. The van der Waals surface area contributed by atoms with Crippen molar-refractivity contribution >= 4 is 28.9 Å². The summed E-state index contributed by atoms with van der Waals surface area (Å²) in [5.74, 6) is -0.217. The second-order valence-electron chi connectivity index (χ2n) is 7.29. The molecule has 172 valence electrons. The molecule has 4 rings (SSSR count). The van der Waals surface area contributed by atoms with Crippen LogP contribution in [0.3, 0.4) is 0 Å². The summed E-state index contributed by atoms with van der Waals surface area (Å²) < 4.78 is 16.3. The minimum absolute atomic E-state index is 0.143. The normalized spacial score (nSPS) is 15.2. The summed E-state index contributed by atoms with van der Waals surface area (Å²) in [5, 5.41) is 2.75. The van der Waals surface area contributed by atoms with Gasteiger partial charge in [-0.3, -0.25) is 19.5 Å². The molecule has 0 saturated heterocycles. The van der Waals surface area contributed by atoms with E-state index in [0.717, 1.165) is 22.0 Å². The molecule has 0 bridgehead atoms. The molecule has 3 aromatic rings. The number of hydrogen-bond acceptors (Lipinski definition) is 8. The van der Waals surface area contributed by atoms with Crippen molar-refractivity contribution < 1.29 is 23.8 Å². The van der Waals surface area contributed by atoms with Crippen LogP contribution in [-0.4, -0.2) is 54.3 Å². The van der Waals surface area contributed by atoms with Crippen LogP contribution in [0, 0.1) is 0 Å². The van der Waals surface area contributed by atoms with Crippen molar-refractivity contribution in [3.05, 3.63) is 48.0 Å². The van der Waals surface area contributed by atoms with Crippen molar-refractivity contribution in [3.63, 3.8) is 0 Å². The number of rotatable bonds is 9. The molecule has 9 heteroatoms. The summed E-state index contributed by atoms with van der Waals surface area (Å²) in [6.07, 6.45) is 1.58. The third-order valence-electron chi connectivity index (χ3n) is 5.10. The highest BCUT2D eigenvalue weighted by molar-refractivity contribution is 7.13. The van der Waals surface area contributed by atoms with Crippen LogP contribution in [0.5, 0.6) is 5.75 Å². The topological polar surface area (TPSA) is 90.9 Å². The van der Waals surface area contributed by atoms with Gasteiger partial charge in [-0.15, -0.1) is 11.3 Å². The second-order valence-corrected chi connectivity index (χ2v) is 8.15. The largest absolute Gasteiger partial charge is 0.478 e. The molecule has 0 N–H and O–H groups in total. The SMILES string of the molecule is CCOCCOC(=O)CN1C(=O)C(CC)Oc2ccc(-c3csc(-c4ccccn4)n3)cc21. The standard InChI is InChI=1S/C24H25N3O5S/c1-3-20-24(29)27(14-22(28)31-12-11-30-4-2)19-13-16(8-9-21(19)32-20)18-15-33-23(26-18)17-7-5-6-10-25-17/h5-10,13,15,20H,3-4,11-12,14H2,1-2H3. The minimum Gasteiger partial charge on any atom is -0.478 e. The first-order valence-electron chi connectivity index (χ1n) is 10.8. The van der Waals surface area contributed by atoms with Gasteiger partial charge in [0, 0.05) is 23.7 Å². The zero-order chi connectivity index (χ0) is 23.2. The maximum absolute atomic E-state index is 13.0. The number of pyridine rings is 1. The zero-order valence-corrected chi connectivity index (χ0v) is 19.3. The quantitative estimate of drug-likeness (QED) is 0.348. The molecule has 1 aliphatic rings. The summed E-state index contributed by atoms with van der Waals surface area (Å²) in [7, 11) is 0. The summed E-state index contributed by atoms with van der Waals surface area (Å²) in [4.78, 5) is 35.9. The third-order valence-corrected chi connectivity index (χ3v) is 5.96. The molecule has 0 fully saturated rings. The summed E-state index contributed by atoms with van der Waals surface area (Å²) >= 11 is 1.49. The van der Waals surface area contributed by atoms with E-state index in [1.54, 1.807) is 6.20 Å². The highest BCUT2D eigenvalue weighted by Gasteiger charge is 2.35. The molecule has 1 atom stereocenters. The van der Waals surface area contributed by atoms with Gasteiger partial charge < -0.3 is 14.2 Å². The number of ether oxygens (including phenoxy) is 3. The fourth-order valence-electron chi connectivity index (χ4n) is 3.45. The molecule has 0 aliphatic carbocycles. The Hall–Kier alpha value is -3.30. The van der Waals surface area contributed by atoms with E-state index < -0.39 is 12.1 Å². The molecule has 1 unspecified atom stereocenters. The molecule has 0 spiro atoms. The fourth-order valence-corrected chi connectivity index (χ4v) is 4.26. The number of anilines is 1. The Morgan fingerprint density at radius 2 is 2.06 bits per heavy atom. The number of hydrogen-bond donors (Lipinski definition) is 0. The van der Waals surface area contributed by atoms with E-state index in [0.29, 0.717) is 31.1 Å². The predicted octanol–water partition coefficient (Wildman–Crippen LogP) is 3.96. The van der Waals surface area contributed by atoms with E-state index in [1.165, 1.54) is 16.2 Å². The van der Waals surface area contributed by atoms with Gasteiger partial charge in [0.1, 0.15) is 23.9 Å². The molecule has 2 aromatic heterocycles. The van der Waals surface area contributed by atoms with Crippen LogP contribution in [0.4, 0.5) is 5.69 Å². The van der Waals surface area contributed by atoms with Gasteiger partial charge in [-0.05, 0) is 43.7 Å². The van der Waals surface area contributed by atoms with Crippen LogP contribution in [0.2, 0.25) is 0 Å². The molecule has 1 aliphatic heterocycles. The van der Waals surface area contributed by atoms with Crippen molar-refractivity contribution in [1.29, 1.82) is 0 Å². The van der Waals surface area contributed by atoms with Crippen LogP contribution in [0.25, 0.3) is 22.0 Å². The summed E-state index contributed by atoms with van der Waals surface area (Å²) in [6.45, 7) is 4.55.